The number of hydrogen-bond acceptors (Lipinski definition) is 3. The number of hydrogen-bond donors (Lipinski definition) is 2. The van der Waals surface area contributed by atoms with Gasteiger partial charge in [0.1, 0.15) is 5.75 Å². The summed E-state index contributed by atoms with van der Waals surface area (Å²) in [5.41, 5.74) is 1.11. The summed E-state index contributed by atoms with van der Waals surface area (Å²) in [5, 5.41) is 5.86. The monoisotopic (exact) mass is 318 g/mol. The molecule has 0 fully saturated rings. The van der Waals surface area contributed by atoms with Gasteiger partial charge in [0.15, 0.2) is 6.61 Å². The average molecular weight is 319 g/mol. The van der Waals surface area contributed by atoms with Crippen molar-refractivity contribution in [2.24, 2.45) is 0 Å². The van der Waals surface area contributed by atoms with Gasteiger partial charge in [-0.2, -0.15) is 0 Å². The van der Waals surface area contributed by atoms with E-state index in [0.29, 0.717) is 22.1 Å². The Hall–Kier alpha value is -2.53. The van der Waals surface area contributed by atoms with Gasteiger partial charge in [-0.1, -0.05) is 29.8 Å². The molecule has 0 heterocycles. The van der Waals surface area contributed by atoms with E-state index in [0.717, 1.165) is 0 Å². The molecular formula is C16H15ClN2O3. The Morgan fingerprint density at radius 2 is 1.86 bits per heavy atom. The Balaban J connectivity index is 1.95. The molecule has 0 spiro atoms. The van der Waals surface area contributed by atoms with Crippen molar-refractivity contribution >= 4 is 34.8 Å². The normalized spacial score (nSPS) is 9.91. The highest BCUT2D eigenvalue weighted by molar-refractivity contribution is 6.30. The fourth-order valence-corrected chi connectivity index (χ4v) is 1.98. The van der Waals surface area contributed by atoms with Crippen LogP contribution in [0.1, 0.15) is 6.92 Å². The molecule has 0 atom stereocenters. The van der Waals surface area contributed by atoms with Gasteiger partial charge >= 0.3 is 0 Å². The smallest absolute Gasteiger partial charge is 0.262 e. The van der Waals surface area contributed by atoms with Gasteiger partial charge in [-0.15, -0.1) is 0 Å². The number of carbonyl (C=O) groups is 2. The molecule has 2 amide bonds. The first-order valence-electron chi connectivity index (χ1n) is 6.59. The predicted octanol–water partition coefficient (Wildman–Crippen LogP) is 3.32. The minimum atomic E-state index is -0.320. The number of halogens is 1. The molecule has 2 aromatic carbocycles. The second kappa shape index (κ2) is 7.47. The molecule has 2 aromatic rings. The van der Waals surface area contributed by atoms with E-state index >= 15 is 0 Å². The van der Waals surface area contributed by atoms with Crippen molar-refractivity contribution in [2.75, 3.05) is 17.2 Å². The lowest BCUT2D eigenvalue weighted by Gasteiger charge is -2.11. The quantitative estimate of drug-likeness (QED) is 0.888. The van der Waals surface area contributed by atoms with Crippen LogP contribution < -0.4 is 15.4 Å². The number of nitrogens with one attached hydrogen (secondary N) is 2. The zero-order valence-electron chi connectivity index (χ0n) is 11.9. The summed E-state index contributed by atoms with van der Waals surface area (Å²) in [6.45, 7) is 1.23. The van der Waals surface area contributed by atoms with Gasteiger partial charge in [0.25, 0.3) is 5.91 Å². The lowest BCUT2D eigenvalue weighted by molar-refractivity contribution is -0.118. The summed E-state index contributed by atoms with van der Waals surface area (Å²) in [5.74, 6) is -0.0988. The molecule has 0 bridgehead atoms. The molecule has 114 valence electrons. The van der Waals surface area contributed by atoms with E-state index in [4.69, 9.17) is 16.3 Å². The van der Waals surface area contributed by atoms with E-state index in [-0.39, 0.29) is 18.4 Å². The minimum Gasteiger partial charge on any atom is -0.482 e. The highest BCUT2D eigenvalue weighted by Gasteiger charge is 2.08. The third-order valence-electron chi connectivity index (χ3n) is 2.66. The Labute approximate surface area is 133 Å². The molecule has 0 saturated heterocycles. The van der Waals surface area contributed by atoms with Gasteiger partial charge in [-0.05, 0) is 30.3 Å². The topological polar surface area (TPSA) is 67.4 Å². The molecule has 2 rings (SSSR count). The van der Waals surface area contributed by atoms with Gasteiger partial charge in [0, 0.05) is 17.6 Å². The maximum Gasteiger partial charge on any atom is 0.262 e. The van der Waals surface area contributed by atoms with Crippen LogP contribution in [0.4, 0.5) is 11.4 Å². The molecule has 5 nitrogen and oxygen atoms in total. The lowest BCUT2D eigenvalue weighted by Crippen LogP contribution is -2.20. The van der Waals surface area contributed by atoms with E-state index in [9.17, 15) is 9.59 Å². The summed E-state index contributed by atoms with van der Waals surface area (Å²) < 4.78 is 5.44. The van der Waals surface area contributed by atoms with Gasteiger partial charge < -0.3 is 15.4 Å². The van der Waals surface area contributed by atoms with Crippen molar-refractivity contribution in [2.45, 2.75) is 6.92 Å². The number of benzene rings is 2. The van der Waals surface area contributed by atoms with Crippen LogP contribution in [0.2, 0.25) is 5.02 Å². The Morgan fingerprint density at radius 3 is 2.59 bits per heavy atom. The zero-order valence-corrected chi connectivity index (χ0v) is 12.7. The largest absolute Gasteiger partial charge is 0.482 e. The van der Waals surface area contributed by atoms with Gasteiger partial charge in [0.2, 0.25) is 5.91 Å². The first kappa shape index (κ1) is 15.9. The van der Waals surface area contributed by atoms with E-state index in [1.807, 2.05) is 0 Å². The first-order valence-corrected chi connectivity index (χ1v) is 6.97. The SMILES string of the molecule is CC(=O)Nc1ccccc1OCC(=O)Nc1cccc(Cl)c1. The summed E-state index contributed by atoms with van der Waals surface area (Å²) >= 11 is 5.85. The average Bonchev–Trinajstić information content (AvgIpc) is 2.46. The molecule has 0 unspecified atom stereocenters. The third-order valence-corrected chi connectivity index (χ3v) is 2.90. The Morgan fingerprint density at radius 1 is 1.09 bits per heavy atom. The van der Waals surface area contributed by atoms with Crippen LogP contribution in [0, 0.1) is 0 Å². The van der Waals surface area contributed by atoms with Crippen molar-refractivity contribution in [1.82, 2.24) is 0 Å². The van der Waals surface area contributed by atoms with Gasteiger partial charge in [-0.3, -0.25) is 9.59 Å². The van der Waals surface area contributed by atoms with Gasteiger partial charge in [-0.25, -0.2) is 0 Å². The molecule has 0 aliphatic heterocycles. The second-order valence-corrected chi connectivity index (χ2v) is 4.96. The maximum atomic E-state index is 11.9. The highest BCUT2D eigenvalue weighted by atomic mass is 35.5. The van der Waals surface area contributed by atoms with Crippen molar-refractivity contribution in [3.8, 4) is 5.75 Å². The van der Waals surface area contributed by atoms with Crippen molar-refractivity contribution in [3.05, 3.63) is 53.6 Å². The van der Waals surface area contributed by atoms with Crippen molar-refractivity contribution in [1.29, 1.82) is 0 Å². The van der Waals surface area contributed by atoms with E-state index < -0.39 is 0 Å². The standard InChI is InChI=1S/C16H15ClN2O3/c1-11(20)18-14-7-2-3-8-15(14)22-10-16(21)19-13-6-4-5-12(17)9-13/h2-9H,10H2,1H3,(H,18,20)(H,19,21). The lowest BCUT2D eigenvalue weighted by atomic mass is 10.3. The molecule has 2 N–H and O–H groups in total. The summed E-state index contributed by atoms with van der Waals surface area (Å²) in [7, 11) is 0. The number of anilines is 2. The number of para-hydroxylation sites is 2. The summed E-state index contributed by atoms with van der Waals surface area (Å²) in [6, 6.07) is 13.7. The Kier molecular flexibility index (Phi) is 5.38. The van der Waals surface area contributed by atoms with E-state index in [2.05, 4.69) is 10.6 Å². The molecular weight excluding hydrogens is 304 g/mol. The van der Waals surface area contributed by atoms with E-state index in [1.54, 1.807) is 48.5 Å². The van der Waals surface area contributed by atoms with Gasteiger partial charge in [0.05, 0.1) is 5.69 Å². The van der Waals surface area contributed by atoms with Crippen LogP contribution in [-0.2, 0) is 9.59 Å². The fourth-order valence-electron chi connectivity index (χ4n) is 1.79. The molecule has 0 radical (unpaired) electrons. The first-order chi connectivity index (χ1) is 10.5. The second-order valence-electron chi connectivity index (χ2n) is 4.52. The van der Waals surface area contributed by atoms with Crippen LogP contribution in [0.5, 0.6) is 5.75 Å². The molecule has 0 aliphatic carbocycles. The predicted molar refractivity (Wildman–Crippen MR) is 86.3 cm³/mol. The zero-order chi connectivity index (χ0) is 15.9. The molecule has 22 heavy (non-hydrogen) atoms. The third kappa shape index (κ3) is 4.79. The summed E-state index contributed by atoms with van der Waals surface area (Å²) in [6.07, 6.45) is 0. The minimum absolute atomic E-state index is 0.177. The van der Waals surface area contributed by atoms with Crippen LogP contribution in [0.25, 0.3) is 0 Å². The Bertz CT molecular complexity index is 689. The van der Waals surface area contributed by atoms with Crippen LogP contribution in [-0.4, -0.2) is 18.4 Å². The number of carbonyl (C=O) groups excluding carboxylic acids is 2. The molecule has 0 aliphatic rings. The number of ether oxygens (including phenoxy) is 1. The molecule has 0 aromatic heterocycles. The number of amides is 2. The van der Waals surface area contributed by atoms with Crippen molar-refractivity contribution in [3.63, 3.8) is 0 Å². The highest BCUT2D eigenvalue weighted by Crippen LogP contribution is 2.23. The van der Waals surface area contributed by atoms with Crippen molar-refractivity contribution < 1.29 is 14.3 Å². The maximum absolute atomic E-state index is 11.9. The van der Waals surface area contributed by atoms with E-state index in [1.165, 1.54) is 6.92 Å². The molecule has 0 saturated carbocycles. The summed E-state index contributed by atoms with van der Waals surface area (Å²) in [4.78, 5) is 23.0. The van der Waals surface area contributed by atoms with Crippen LogP contribution >= 0.6 is 11.6 Å². The molecule has 6 heteroatoms. The fraction of sp³-hybridized carbons (Fsp3) is 0.125. The van der Waals surface area contributed by atoms with Crippen LogP contribution in [0.3, 0.4) is 0 Å². The number of rotatable bonds is 5. The van der Waals surface area contributed by atoms with Crippen LogP contribution in [0.15, 0.2) is 48.5 Å².